The molecule has 1 unspecified atom stereocenters. The number of hydrogen-bond donors (Lipinski definition) is 1. The molecule has 1 atom stereocenters. The molecule has 2 rings (SSSR count). The molecule has 0 radical (unpaired) electrons. The Balaban J connectivity index is 2.01. The summed E-state index contributed by atoms with van der Waals surface area (Å²) in [6.45, 7) is 2.08. The van der Waals surface area contributed by atoms with Gasteiger partial charge in [0.1, 0.15) is 0 Å². The monoisotopic (exact) mass is 337 g/mol. The van der Waals surface area contributed by atoms with Gasteiger partial charge in [-0.3, -0.25) is 4.79 Å². The van der Waals surface area contributed by atoms with Crippen molar-refractivity contribution in [3.63, 3.8) is 0 Å². The Labute approximate surface area is 148 Å². The second-order valence-corrected chi connectivity index (χ2v) is 5.96. The minimum absolute atomic E-state index is 0.0647. The Bertz CT molecular complexity index is 735. The zero-order valence-electron chi connectivity index (χ0n) is 14.6. The number of likely N-dealkylation sites (N-methyl/N-ethyl adjacent to an activating group) is 1. The minimum atomic E-state index is -0.960. The van der Waals surface area contributed by atoms with Crippen LogP contribution in [0.5, 0.6) is 0 Å². The van der Waals surface area contributed by atoms with Crippen molar-refractivity contribution in [2.45, 2.75) is 25.8 Å². The third kappa shape index (κ3) is 5.31. The highest BCUT2D eigenvalue weighted by molar-refractivity contribution is 5.92. The molecule has 2 aromatic rings. The van der Waals surface area contributed by atoms with E-state index in [9.17, 15) is 9.59 Å². The van der Waals surface area contributed by atoms with Crippen LogP contribution in [0.2, 0.25) is 0 Å². The first-order valence-corrected chi connectivity index (χ1v) is 8.33. The first kappa shape index (κ1) is 18.5. The first-order valence-electron chi connectivity index (χ1n) is 8.33. The van der Waals surface area contributed by atoms with Crippen LogP contribution in [-0.4, -0.2) is 35.0 Å². The van der Waals surface area contributed by atoms with Gasteiger partial charge in [-0.05, 0) is 42.2 Å². The van der Waals surface area contributed by atoms with E-state index >= 15 is 0 Å². The topological polar surface area (TPSA) is 57.6 Å². The number of benzene rings is 2. The van der Waals surface area contributed by atoms with Crippen LogP contribution >= 0.6 is 0 Å². The maximum Gasteiger partial charge on any atom is 0.335 e. The Morgan fingerprint density at radius 3 is 2.28 bits per heavy atom. The average molecular weight is 337 g/mol. The van der Waals surface area contributed by atoms with Gasteiger partial charge >= 0.3 is 5.97 Å². The molecule has 25 heavy (non-hydrogen) atoms. The van der Waals surface area contributed by atoms with Crippen LogP contribution in [0.1, 0.15) is 34.8 Å². The predicted octanol–water partition coefficient (Wildman–Crippen LogP) is 3.88. The molecule has 1 amide bonds. The fourth-order valence-electron chi connectivity index (χ4n) is 2.64. The smallest absolute Gasteiger partial charge is 0.335 e. The summed E-state index contributed by atoms with van der Waals surface area (Å²) in [6.07, 6.45) is 4.93. The molecule has 1 N–H and O–H groups in total. The number of hydrogen-bond acceptors (Lipinski definition) is 2. The number of nitrogens with zero attached hydrogens (tertiary/aromatic N) is 1. The minimum Gasteiger partial charge on any atom is -0.478 e. The standard InChI is InChI=1S/C21H23NO3/c1-3-19(15-17-7-5-4-6-8-17)22(2)20(23)14-11-16-9-12-18(13-10-16)21(24)25/h4-14,19H,3,15H2,1-2H3,(H,24,25)/b14-11+. The van der Waals surface area contributed by atoms with Crippen molar-refractivity contribution < 1.29 is 14.7 Å². The Morgan fingerprint density at radius 1 is 1.08 bits per heavy atom. The Morgan fingerprint density at radius 2 is 1.72 bits per heavy atom. The predicted molar refractivity (Wildman–Crippen MR) is 99.4 cm³/mol. The van der Waals surface area contributed by atoms with E-state index in [2.05, 4.69) is 19.1 Å². The van der Waals surface area contributed by atoms with Crippen LogP contribution in [0.25, 0.3) is 6.08 Å². The molecule has 0 aliphatic rings. The molecule has 4 heteroatoms. The molecule has 130 valence electrons. The lowest BCUT2D eigenvalue weighted by Crippen LogP contribution is -2.37. The molecular formula is C21H23NO3. The van der Waals surface area contributed by atoms with Gasteiger partial charge in [0.25, 0.3) is 0 Å². The third-order valence-corrected chi connectivity index (χ3v) is 4.26. The average Bonchev–Trinajstić information content (AvgIpc) is 2.64. The maximum absolute atomic E-state index is 12.4. The Hall–Kier alpha value is -2.88. The normalized spacial score (nSPS) is 12.1. The number of amides is 1. The summed E-state index contributed by atoms with van der Waals surface area (Å²) in [5.41, 5.74) is 2.24. The largest absolute Gasteiger partial charge is 0.478 e. The number of carbonyl (C=O) groups is 2. The van der Waals surface area contributed by atoms with Gasteiger partial charge in [-0.1, -0.05) is 49.4 Å². The first-order chi connectivity index (χ1) is 12.0. The van der Waals surface area contributed by atoms with Gasteiger partial charge in [-0.15, -0.1) is 0 Å². The van der Waals surface area contributed by atoms with Crippen molar-refractivity contribution in [3.05, 3.63) is 77.4 Å². The van der Waals surface area contributed by atoms with E-state index in [1.54, 1.807) is 23.1 Å². The fourth-order valence-corrected chi connectivity index (χ4v) is 2.64. The lowest BCUT2D eigenvalue weighted by molar-refractivity contribution is -0.126. The summed E-state index contributed by atoms with van der Waals surface area (Å²) < 4.78 is 0. The highest BCUT2D eigenvalue weighted by Gasteiger charge is 2.16. The quantitative estimate of drug-likeness (QED) is 0.780. The van der Waals surface area contributed by atoms with Gasteiger partial charge in [0.05, 0.1) is 5.56 Å². The van der Waals surface area contributed by atoms with Crippen LogP contribution in [0.3, 0.4) is 0 Å². The summed E-state index contributed by atoms with van der Waals surface area (Å²) in [6, 6.07) is 16.7. The highest BCUT2D eigenvalue weighted by atomic mass is 16.4. The number of carboxylic acids is 1. The van der Waals surface area contributed by atoms with Crippen molar-refractivity contribution in [1.82, 2.24) is 4.90 Å². The van der Waals surface area contributed by atoms with Gasteiger partial charge < -0.3 is 10.0 Å². The van der Waals surface area contributed by atoms with Crippen LogP contribution in [0.4, 0.5) is 0 Å². The van der Waals surface area contributed by atoms with E-state index < -0.39 is 5.97 Å². The summed E-state index contributed by atoms with van der Waals surface area (Å²) in [7, 11) is 1.82. The molecule has 0 aliphatic carbocycles. The summed E-state index contributed by atoms with van der Waals surface area (Å²) in [5.74, 6) is -1.02. The summed E-state index contributed by atoms with van der Waals surface area (Å²) in [5, 5.41) is 8.90. The summed E-state index contributed by atoms with van der Waals surface area (Å²) >= 11 is 0. The highest BCUT2D eigenvalue weighted by Crippen LogP contribution is 2.12. The van der Waals surface area contributed by atoms with Gasteiger partial charge in [-0.25, -0.2) is 4.79 Å². The van der Waals surface area contributed by atoms with E-state index in [4.69, 9.17) is 5.11 Å². The van der Waals surface area contributed by atoms with Crippen LogP contribution in [0.15, 0.2) is 60.7 Å². The summed E-state index contributed by atoms with van der Waals surface area (Å²) in [4.78, 5) is 25.0. The van der Waals surface area contributed by atoms with E-state index in [0.717, 1.165) is 18.4 Å². The number of carboxylic acid groups (broad SMARTS) is 1. The van der Waals surface area contributed by atoms with E-state index in [0.29, 0.717) is 0 Å². The van der Waals surface area contributed by atoms with Gasteiger partial charge in [0.2, 0.25) is 5.91 Å². The molecule has 0 fully saturated rings. The van der Waals surface area contributed by atoms with E-state index in [1.165, 1.54) is 23.8 Å². The van der Waals surface area contributed by atoms with Crippen LogP contribution in [-0.2, 0) is 11.2 Å². The molecule has 0 aliphatic heterocycles. The maximum atomic E-state index is 12.4. The lowest BCUT2D eigenvalue weighted by atomic mass is 10.0. The molecule has 0 saturated heterocycles. The van der Waals surface area contributed by atoms with Crippen LogP contribution in [0, 0.1) is 0 Å². The number of aromatic carboxylic acids is 1. The number of rotatable bonds is 7. The second kappa shape index (κ2) is 8.83. The Kier molecular flexibility index (Phi) is 6.52. The molecule has 4 nitrogen and oxygen atoms in total. The molecule has 0 spiro atoms. The third-order valence-electron chi connectivity index (χ3n) is 4.26. The van der Waals surface area contributed by atoms with Gasteiger partial charge in [0.15, 0.2) is 0 Å². The van der Waals surface area contributed by atoms with Crippen molar-refractivity contribution in [3.8, 4) is 0 Å². The van der Waals surface area contributed by atoms with Gasteiger partial charge in [-0.2, -0.15) is 0 Å². The van der Waals surface area contributed by atoms with Crippen molar-refractivity contribution in [1.29, 1.82) is 0 Å². The molecule has 0 bridgehead atoms. The lowest BCUT2D eigenvalue weighted by Gasteiger charge is -2.26. The molecule has 0 heterocycles. The zero-order valence-corrected chi connectivity index (χ0v) is 14.6. The van der Waals surface area contributed by atoms with E-state index in [-0.39, 0.29) is 17.5 Å². The second-order valence-electron chi connectivity index (χ2n) is 5.96. The van der Waals surface area contributed by atoms with Crippen LogP contribution < -0.4 is 0 Å². The number of carbonyl (C=O) groups excluding carboxylic acids is 1. The molecule has 0 aromatic heterocycles. The molecule has 2 aromatic carbocycles. The van der Waals surface area contributed by atoms with Crippen molar-refractivity contribution in [2.24, 2.45) is 0 Å². The van der Waals surface area contributed by atoms with Crippen molar-refractivity contribution in [2.75, 3.05) is 7.05 Å². The fraction of sp³-hybridized carbons (Fsp3) is 0.238. The van der Waals surface area contributed by atoms with E-state index in [1.807, 2.05) is 25.2 Å². The van der Waals surface area contributed by atoms with Gasteiger partial charge in [0, 0.05) is 19.2 Å². The molecular weight excluding hydrogens is 314 g/mol. The SMILES string of the molecule is CCC(Cc1ccccc1)N(C)C(=O)/C=C/c1ccc(C(=O)O)cc1. The zero-order chi connectivity index (χ0) is 18.2. The van der Waals surface area contributed by atoms with Crippen molar-refractivity contribution >= 4 is 18.0 Å². The molecule has 0 saturated carbocycles.